The van der Waals surface area contributed by atoms with Crippen molar-refractivity contribution in [2.75, 3.05) is 0 Å². The second-order valence-electron chi connectivity index (χ2n) is 7.43. The van der Waals surface area contributed by atoms with Gasteiger partial charge in [0.15, 0.2) is 0 Å². The van der Waals surface area contributed by atoms with Crippen molar-refractivity contribution < 1.29 is 5.11 Å². The summed E-state index contributed by atoms with van der Waals surface area (Å²) in [7, 11) is 0. The SMILES string of the molecule is CCCC(C#N)C1(O)CC(C)(C)CC(C)(C)C1. The largest absolute Gasteiger partial charge is 0.388 e. The van der Waals surface area contributed by atoms with Crippen molar-refractivity contribution in [3.8, 4) is 6.07 Å². The molecule has 1 fully saturated rings. The van der Waals surface area contributed by atoms with Gasteiger partial charge in [0, 0.05) is 0 Å². The highest BCUT2D eigenvalue weighted by Gasteiger charge is 2.50. The van der Waals surface area contributed by atoms with Gasteiger partial charge >= 0.3 is 0 Å². The summed E-state index contributed by atoms with van der Waals surface area (Å²) in [4.78, 5) is 0. The smallest absolute Gasteiger partial charge is 0.0815 e. The van der Waals surface area contributed by atoms with Crippen LogP contribution in [-0.4, -0.2) is 10.7 Å². The summed E-state index contributed by atoms with van der Waals surface area (Å²) in [6.45, 7) is 10.9. The van der Waals surface area contributed by atoms with Gasteiger partial charge in [-0.05, 0) is 36.5 Å². The van der Waals surface area contributed by atoms with E-state index in [0.717, 1.165) is 32.1 Å². The highest BCUT2D eigenvalue weighted by atomic mass is 16.3. The molecule has 0 radical (unpaired) electrons. The fraction of sp³-hybridized carbons (Fsp3) is 0.933. The van der Waals surface area contributed by atoms with Gasteiger partial charge < -0.3 is 5.11 Å². The molecule has 0 aromatic carbocycles. The summed E-state index contributed by atoms with van der Waals surface area (Å²) in [6.07, 6.45) is 4.39. The van der Waals surface area contributed by atoms with Gasteiger partial charge in [-0.15, -0.1) is 0 Å². The Labute approximate surface area is 106 Å². The average molecular weight is 237 g/mol. The fourth-order valence-electron chi connectivity index (χ4n) is 4.13. The summed E-state index contributed by atoms with van der Waals surface area (Å²) >= 11 is 0. The third-order valence-corrected chi connectivity index (χ3v) is 3.91. The van der Waals surface area contributed by atoms with E-state index >= 15 is 0 Å². The normalized spacial score (nSPS) is 27.1. The van der Waals surface area contributed by atoms with Crippen LogP contribution in [0.3, 0.4) is 0 Å². The molecule has 1 unspecified atom stereocenters. The molecule has 1 N–H and O–H groups in total. The molecule has 0 bridgehead atoms. The van der Waals surface area contributed by atoms with Gasteiger partial charge in [0.1, 0.15) is 0 Å². The molecule has 17 heavy (non-hydrogen) atoms. The van der Waals surface area contributed by atoms with Crippen LogP contribution in [0.4, 0.5) is 0 Å². The van der Waals surface area contributed by atoms with E-state index in [9.17, 15) is 10.4 Å². The van der Waals surface area contributed by atoms with Gasteiger partial charge in [-0.25, -0.2) is 0 Å². The van der Waals surface area contributed by atoms with Gasteiger partial charge in [-0.1, -0.05) is 41.0 Å². The second-order valence-corrected chi connectivity index (χ2v) is 7.43. The Kier molecular flexibility index (Phi) is 3.94. The summed E-state index contributed by atoms with van der Waals surface area (Å²) in [6, 6.07) is 2.34. The molecule has 0 spiro atoms. The zero-order valence-corrected chi connectivity index (χ0v) is 12.0. The Hall–Kier alpha value is -0.550. The van der Waals surface area contributed by atoms with Gasteiger partial charge in [-0.2, -0.15) is 5.26 Å². The lowest BCUT2D eigenvalue weighted by Crippen LogP contribution is -2.50. The van der Waals surface area contributed by atoms with Crippen molar-refractivity contribution in [2.24, 2.45) is 16.7 Å². The lowest BCUT2D eigenvalue weighted by Gasteiger charge is -2.51. The molecule has 2 heteroatoms. The summed E-state index contributed by atoms with van der Waals surface area (Å²) in [5.74, 6) is -0.216. The maximum atomic E-state index is 10.9. The van der Waals surface area contributed by atoms with E-state index in [1.54, 1.807) is 0 Å². The molecule has 0 saturated heterocycles. The van der Waals surface area contributed by atoms with E-state index in [1.807, 2.05) is 0 Å². The molecular weight excluding hydrogens is 210 g/mol. The van der Waals surface area contributed by atoms with Crippen LogP contribution in [0.1, 0.15) is 66.7 Å². The summed E-state index contributed by atoms with van der Waals surface area (Å²) < 4.78 is 0. The topological polar surface area (TPSA) is 44.0 Å². The van der Waals surface area contributed by atoms with Crippen LogP contribution in [0.25, 0.3) is 0 Å². The van der Waals surface area contributed by atoms with Crippen LogP contribution in [0.5, 0.6) is 0 Å². The molecule has 1 aliphatic carbocycles. The Morgan fingerprint density at radius 2 is 1.59 bits per heavy atom. The van der Waals surface area contributed by atoms with Crippen LogP contribution in [0.2, 0.25) is 0 Å². The van der Waals surface area contributed by atoms with Crippen LogP contribution in [0, 0.1) is 28.1 Å². The van der Waals surface area contributed by atoms with E-state index in [2.05, 4.69) is 40.7 Å². The predicted molar refractivity (Wildman–Crippen MR) is 70.4 cm³/mol. The minimum atomic E-state index is -0.796. The summed E-state index contributed by atoms with van der Waals surface area (Å²) in [5.41, 5.74) is -0.547. The second kappa shape index (κ2) is 4.61. The lowest BCUT2D eigenvalue weighted by molar-refractivity contribution is -0.110. The fourth-order valence-corrected chi connectivity index (χ4v) is 4.13. The van der Waals surface area contributed by atoms with E-state index in [0.29, 0.717) is 0 Å². The zero-order valence-electron chi connectivity index (χ0n) is 12.0. The highest BCUT2D eigenvalue weighted by molar-refractivity contribution is 5.06. The van der Waals surface area contributed by atoms with Crippen molar-refractivity contribution in [2.45, 2.75) is 72.3 Å². The third kappa shape index (κ3) is 3.45. The van der Waals surface area contributed by atoms with E-state index in [4.69, 9.17) is 0 Å². The van der Waals surface area contributed by atoms with Crippen LogP contribution < -0.4 is 0 Å². The van der Waals surface area contributed by atoms with Crippen LogP contribution in [-0.2, 0) is 0 Å². The number of nitrogens with zero attached hydrogens (tertiary/aromatic N) is 1. The van der Waals surface area contributed by atoms with E-state index in [1.165, 1.54) is 0 Å². The van der Waals surface area contributed by atoms with Gasteiger partial charge in [0.2, 0.25) is 0 Å². The first-order valence-corrected chi connectivity index (χ1v) is 6.76. The predicted octanol–water partition coefficient (Wildman–Crippen LogP) is 3.89. The molecule has 0 amide bonds. The number of hydrogen-bond donors (Lipinski definition) is 1. The first-order chi connectivity index (χ1) is 7.64. The van der Waals surface area contributed by atoms with Crippen molar-refractivity contribution in [1.29, 1.82) is 5.26 Å². The summed E-state index contributed by atoms with van der Waals surface area (Å²) in [5, 5.41) is 20.2. The Morgan fingerprint density at radius 3 is 1.94 bits per heavy atom. The molecule has 0 aliphatic heterocycles. The Morgan fingerprint density at radius 1 is 1.12 bits per heavy atom. The molecule has 1 saturated carbocycles. The molecular formula is C15H27NO. The van der Waals surface area contributed by atoms with E-state index < -0.39 is 5.60 Å². The van der Waals surface area contributed by atoms with E-state index in [-0.39, 0.29) is 16.7 Å². The standard InChI is InChI=1S/C15H27NO/c1-6-7-12(8-16)15(17)10-13(2,3)9-14(4,5)11-15/h12,17H,6-7,9-11H2,1-5H3. The first-order valence-electron chi connectivity index (χ1n) is 6.76. The molecule has 2 nitrogen and oxygen atoms in total. The van der Waals surface area contributed by atoms with Gasteiger partial charge in [0.05, 0.1) is 17.6 Å². The number of hydrogen-bond acceptors (Lipinski definition) is 2. The minimum absolute atomic E-state index is 0.124. The molecule has 0 aromatic rings. The molecule has 0 aromatic heterocycles. The third-order valence-electron chi connectivity index (χ3n) is 3.91. The molecule has 98 valence electrons. The van der Waals surface area contributed by atoms with Crippen molar-refractivity contribution in [3.63, 3.8) is 0 Å². The minimum Gasteiger partial charge on any atom is -0.388 e. The van der Waals surface area contributed by atoms with Crippen LogP contribution in [0.15, 0.2) is 0 Å². The number of rotatable bonds is 3. The first kappa shape index (κ1) is 14.5. The van der Waals surface area contributed by atoms with Crippen molar-refractivity contribution >= 4 is 0 Å². The molecule has 1 rings (SSSR count). The maximum absolute atomic E-state index is 10.9. The maximum Gasteiger partial charge on any atom is 0.0815 e. The van der Waals surface area contributed by atoms with Crippen LogP contribution >= 0.6 is 0 Å². The number of nitriles is 1. The molecule has 0 heterocycles. The van der Waals surface area contributed by atoms with Gasteiger partial charge in [0.25, 0.3) is 0 Å². The number of aliphatic hydroxyl groups is 1. The molecule has 1 atom stereocenters. The van der Waals surface area contributed by atoms with Crippen molar-refractivity contribution in [3.05, 3.63) is 0 Å². The molecule has 1 aliphatic rings. The Balaban J connectivity index is 2.98. The van der Waals surface area contributed by atoms with Gasteiger partial charge in [-0.3, -0.25) is 0 Å². The quantitative estimate of drug-likeness (QED) is 0.809. The highest BCUT2D eigenvalue weighted by Crippen LogP contribution is 2.52. The monoisotopic (exact) mass is 237 g/mol. The lowest BCUT2D eigenvalue weighted by atomic mass is 9.56. The van der Waals surface area contributed by atoms with Crippen molar-refractivity contribution in [1.82, 2.24) is 0 Å². The zero-order chi connectivity index (χ0) is 13.3. The Bertz CT molecular complexity index is 295. The average Bonchev–Trinajstić information content (AvgIpc) is 2.07.